The lowest BCUT2D eigenvalue weighted by Crippen LogP contribution is -2.61. The number of nitrogens with zero attached hydrogens (tertiary/aromatic N) is 3. The minimum Gasteiger partial charge on any atom is -0.392 e. The first-order valence-corrected chi connectivity index (χ1v) is 9.78. The molecule has 1 amide bonds. The number of hydrogen-bond donors (Lipinski definition) is 2. The number of aryl methyl sites for hydroxylation is 2. The number of nitrogens with one attached hydrogen (secondary N) is 1. The molecule has 0 unspecified atom stereocenters. The maximum Gasteiger partial charge on any atom is 0.230 e. The molecule has 144 valence electrons. The second kappa shape index (κ2) is 7.09. The third-order valence-corrected chi connectivity index (χ3v) is 6.20. The molecule has 0 aliphatic carbocycles. The van der Waals surface area contributed by atoms with Gasteiger partial charge in [0, 0.05) is 37.9 Å². The highest BCUT2D eigenvalue weighted by Gasteiger charge is 2.49. The quantitative estimate of drug-likeness (QED) is 0.869. The molecule has 6 nitrogen and oxygen atoms in total. The van der Waals surface area contributed by atoms with Gasteiger partial charge >= 0.3 is 0 Å². The fraction of sp³-hybridized carbons (Fsp3) is 0.524. The van der Waals surface area contributed by atoms with Gasteiger partial charge < -0.3 is 10.4 Å². The predicted molar refractivity (Wildman–Crippen MR) is 104 cm³/mol. The van der Waals surface area contributed by atoms with E-state index in [9.17, 15) is 9.90 Å². The van der Waals surface area contributed by atoms with E-state index in [-0.39, 0.29) is 5.91 Å². The fourth-order valence-electron chi connectivity index (χ4n) is 4.37. The van der Waals surface area contributed by atoms with Crippen molar-refractivity contribution in [3.8, 4) is 5.69 Å². The van der Waals surface area contributed by atoms with Crippen molar-refractivity contribution in [1.82, 2.24) is 20.0 Å². The summed E-state index contributed by atoms with van der Waals surface area (Å²) in [5, 5.41) is 18.0. The summed E-state index contributed by atoms with van der Waals surface area (Å²) in [4.78, 5) is 14.8. The summed E-state index contributed by atoms with van der Waals surface area (Å²) in [6, 6.07) is 6.34. The first kappa shape index (κ1) is 18.2. The zero-order valence-electron chi connectivity index (χ0n) is 16.1. The summed E-state index contributed by atoms with van der Waals surface area (Å²) in [6.07, 6.45) is 5.74. The number of amides is 1. The van der Waals surface area contributed by atoms with E-state index in [4.69, 9.17) is 0 Å². The largest absolute Gasteiger partial charge is 0.392 e. The molecule has 0 saturated carbocycles. The van der Waals surface area contributed by atoms with Gasteiger partial charge in [0.15, 0.2) is 0 Å². The average Bonchev–Trinajstić information content (AvgIpc) is 3.11. The van der Waals surface area contributed by atoms with Gasteiger partial charge in [0.25, 0.3) is 0 Å². The Hall–Kier alpha value is -2.18. The van der Waals surface area contributed by atoms with Crippen LogP contribution >= 0.6 is 0 Å². The normalized spacial score (nSPS) is 26.3. The first-order valence-electron chi connectivity index (χ1n) is 9.78. The first-order chi connectivity index (χ1) is 13.0. The van der Waals surface area contributed by atoms with E-state index in [0.717, 1.165) is 43.7 Å². The Morgan fingerprint density at radius 3 is 2.96 bits per heavy atom. The van der Waals surface area contributed by atoms with Crippen molar-refractivity contribution in [2.24, 2.45) is 5.41 Å². The van der Waals surface area contributed by atoms with Crippen LogP contribution in [0.4, 0.5) is 0 Å². The topological polar surface area (TPSA) is 70.4 Å². The Morgan fingerprint density at radius 2 is 2.19 bits per heavy atom. The molecule has 2 N–H and O–H groups in total. The SMILES string of the molecule is Cc1ccc(-n2cc(CN3CC[C@H](O)[C@@]4(CCCNC4=O)C3)cn2)cc1C. The van der Waals surface area contributed by atoms with Crippen molar-refractivity contribution in [3.05, 3.63) is 47.3 Å². The maximum atomic E-state index is 12.5. The molecule has 2 fully saturated rings. The number of likely N-dealkylation sites (tertiary alicyclic amines) is 1. The number of aliphatic hydroxyl groups excluding tert-OH is 1. The van der Waals surface area contributed by atoms with Crippen LogP contribution in [-0.2, 0) is 11.3 Å². The number of rotatable bonds is 3. The lowest BCUT2D eigenvalue weighted by Gasteiger charge is -2.46. The molecule has 2 saturated heterocycles. The van der Waals surface area contributed by atoms with Crippen molar-refractivity contribution in [2.45, 2.75) is 45.8 Å². The summed E-state index contributed by atoms with van der Waals surface area (Å²) in [5.74, 6) is 0.0109. The zero-order valence-corrected chi connectivity index (χ0v) is 16.1. The van der Waals surface area contributed by atoms with E-state index in [1.807, 2.05) is 10.9 Å². The van der Waals surface area contributed by atoms with Crippen LogP contribution in [0.2, 0.25) is 0 Å². The highest BCUT2D eigenvalue weighted by atomic mass is 16.3. The van der Waals surface area contributed by atoms with E-state index < -0.39 is 11.5 Å². The number of carbonyl (C=O) groups excluding carboxylic acids is 1. The monoisotopic (exact) mass is 368 g/mol. The van der Waals surface area contributed by atoms with Crippen LogP contribution in [0.15, 0.2) is 30.6 Å². The molecule has 1 spiro atoms. The molecule has 1 aromatic carbocycles. The summed E-state index contributed by atoms with van der Waals surface area (Å²) in [7, 11) is 0. The molecule has 2 aliphatic heterocycles. The molecule has 2 aromatic rings. The Balaban J connectivity index is 1.49. The summed E-state index contributed by atoms with van der Waals surface area (Å²) in [6.45, 7) is 7.08. The van der Waals surface area contributed by atoms with Gasteiger partial charge in [0.05, 0.1) is 23.4 Å². The summed E-state index contributed by atoms with van der Waals surface area (Å²) < 4.78 is 1.91. The average molecular weight is 368 g/mol. The third-order valence-electron chi connectivity index (χ3n) is 6.20. The number of aliphatic hydroxyl groups is 1. The van der Waals surface area contributed by atoms with Crippen LogP contribution in [0, 0.1) is 19.3 Å². The second-order valence-electron chi connectivity index (χ2n) is 8.09. The predicted octanol–water partition coefficient (Wildman–Crippen LogP) is 1.95. The van der Waals surface area contributed by atoms with Crippen molar-refractivity contribution in [2.75, 3.05) is 19.6 Å². The van der Waals surface area contributed by atoms with Gasteiger partial charge in [0.1, 0.15) is 0 Å². The standard InChI is InChI=1S/C21H28N4O2/c1-15-4-5-18(10-16(15)2)25-13-17(11-23-25)12-24-9-6-19(26)21(14-24)7-3-8-22-20(21)27/h4-5,10-11,13,19,26H,3,6-9,12,14H2,1-2H3,(H,22,27)/t19-,21+/m0/s1. The van der Waals surface area contributed by atoms with E-state index in [1.165, 1.54) is 11.1 Å². The highest BCUT2D eigenvalue weighted by Crippen LogP contribution is 2.37. The van der Waals surface area contributed by atoms with E-state index in [0.29, 0.717) is 13.0 Å². The molecule has 2 aliphatic rings. The van der Waals surface area contributed by atoms with Crippen LogP contribution in [-0.4, -0.2) is 51.4 Å². The molecule has 6 heteroatoms. The number of piperidine rings is 2. The molecule has 3 heterocycles. The molecule has 1 aromatic heterocycles. The van der Waals surface area contributed by atoms with Crippen molar-refractivity contribution in [1.29, 1.82) is 0 Å². The van der Waals surface area contributed by atoms with Gasteiger partial charge in [-0.25, -0.2) is 4.68 Å². The molecular formula is C21H28N4O2. The van der Waals surface area contributed by atoms with E-state index in [2.05, 4.69) is 53.6 Å². The van der Waals surface area contributed by atoms with Crippen molar-refractivity contribution in [3.63, 3.8) is 0 Å². The Morgan fingerprint density at radius 1 is 1.33 bits per heavy atom. The van der Waals surface area contributed by atoms with Crippen LogP contribution in [0.25, 0.3) is 5.69 Å². The third kappa shape index (κ3) is 3.39. The molecule has 0 bridgehead atoms. The Labute approximate surface area is 160 Å². The lowest BCUT2D eigenvalue weighted by molar-refractivity contribution is -0.149. The lowest BCUT2D eigenvalue weighted by atomic mass is 9.71. The van der Waals surface area contributed by atoms with Crippen molar-refractivity contribution >= 4 is 5.91 Å². The van der Waals surface area contributed by atoms with Crippen LogP contribution in [0.1, 0.15) is 36.0 Å². The second-order valence-corrected chi connectivity index (χ2v) is 8.09. The van der Waals surface area contributed by atoms with Crippen LogP contribution in [0.5, 0.6) is 0 Å². The van der Waals surface area contributed by atoms with E-state index >= 15 is 0 Å². The van der Waals surface area contributed by atoms with Gasteiger partial charge in [-0.3, -0.25) is 9.69 Å². The number of hydrogen-bond acceptors (Lipinski definition) is 4. The fourth-order valence-corrected chi connectivity index (χ4v) is 4.37. The Bertz CT molecular complexity index is 846. The van der Waals surface area contributed by atoms with Gasteiger partial charge in [-0.1, -0.05) is 6.07 Å². The van der Waals surface area contributed by atoms with Gasteiger partial charge in [0.2, 0.25) is 5.91 Å². The molecule has 4 rings (SSSR count). The van der Waals surface area contributed by atoms with E-state index in [1.54, 1.807) is 0 Å². The Kier molecular flexibility index (Phi) is 4.78. The smallest absolute Gasteiger partial charge is 0.230 e. The molecular weight excluding hydrogens is 340 g/mol. The maximum absolute atomic E-state index is 12.5. The molecule has 0 radical (unpaired) electrons. The van der Waals surface area contributed by atoms with Crippen LogP contribution < -0.4 is 5.32 Å². The van der Waals surface area contributed by atoms with Crippen LogP contribution in [0.3, 0.4) is 0 Å². The number of aromatic nitrogens is 2. The molecule has 2 atom stereocenters. The number of carbonyl (C=O) groups is 1. The minimum atomic E-state index is -0.652. The van der Waals surface area contributed by atoms with Gasteiger partial charge in [-0.2, -0.15) is 5.10 Å². The van der Waals surface area contributed by atoms with Gasteiger partial charge in [-0.05, 0) is 56.4 Å². The summed E-state index contributed by atoms with van der Waals surface area (Å²) in [5.41, 5.74) is 4.05. The minimum absolute atomic E-state index is 0.0109. The number of benzene rings is 1. The zero-order chi connectivity index (χ0) is 19.0. The summed E-state index contributed by atoms with van der Waals surface area (Å²) >= 11 is 0. The van der Waals surface area contributed by atoms with Crippen molar-refractivity contribution < 1.29 is 9.90 Å². The molecule has 27 heavy (non-hydrogen) atoms. The highest BCUT2D eigenvalue weighted by molar-refractivity contribution is 5.84. The van der Waals surface area contributed by atoms with Gasteiger partial charge in [-0.15, -0.1) is 0 Å².